The van der Waals surface area contributed by atoms with Gasteiger partial charge in [0.15, 0.2) is 0 Å². The van der Waals surface area contributed by atoms with E-state index in [1.54, 1.807) is 0 Å². The van der Waals surface area contributed by atoms with Crippen LogP contribution >= 0.6 is 0 Å². The molecule has 1 radical (unpaired) electrons. The van der Waals surface area contributed by atoms with E-state index in [9.17, 15) is 20.2 Å². The second-order valence-corrected chi connectivity index (χ2v) is 2.69. The highest BCUT2D eigenvalue weighted by Crippen LogP contribution is 1.95. The molecular formula is C4H2BN8O4. The molecule has 0 amide bonds. The number of rotatable bonds is 4. The summed E-state index contributed by atoms with van der Waals surface area (Å²) in [4.78, 5) is 26.0. The van der Waals surface area contributed by atoms with Crippen LogP contribution in [0.2, 0.25) is 0 Å². The van der Waals surface area contributed by atoms with Crippen LogP contribution in [-0.4, -0.2) is 47.5 Å². The number of aromatic nitrogens is 6. The van der Waals surface area contributed by atoms with Gasteiger partial charge in [0.2, 0.25) is 11.4 Å². The molecule has 0 aliphatic rings. The maximum Gasteiger partial charge on any atom is 0.452 e. The summed E-state index contributed by atoms with van der Waals surface area (Å²) >= 11 is 0. The largest absolute Gasteiger partial charge is 0.452 e. The minimum atomic E-state index is -0.759. The van der Waals surface area contributed by atoms with Gasteiger partial charge in [-0.1, -0.05) is 20.2 Å². The van der Waals surface area contributed by atoms with Gasteiger partial charge in [-0.25, -0.2) is 0 Å². The third-order valence-electron chi connectivity index (χ3n) is 1.59. The lowest BCUT2D eigenvalue weighted by molar-refractivity contribution is -0.394. The summed E-state index contributed by atoms with van der Waals surface area (Å²) in [7, 11) is 1.15. The maximum absolute atomic E-state index is 10.3. The monoisotopic (exact) mass is 237 g/mol. The van der Waals surface area contributed by atoms with Crippen LogP contribution in [0.25, 0.3) is 0 Å². The summed E-state index contributed by atoms with van der Waals surface area (Å²) in [6.07, 6.45) is 0. The Balaban J connectivity index is 2.13. The standard InChI is InChI=1S/C4H2BN8O4/c14-12(15)3-6-1(8-10-3)5-2-7-4(11-9-2)13(16)17/h(H,6,8,10)(H,7,9,11). The first-order valence-corrected chi connectivity index (χ1v) is 4.04. The molecule has 0 fully saturated rings. The molecule has 0 aromatic carbocycles. The smallest absolute Gasteiger partial charge is 0.390 e. The van der Waals surface area contributed by atoms with E-state index in [2.05, 4.69) is 30.4 Å². The minimum absolute atomic E-state index is 0.0504. The lowest BCUT2D eigenvalue weighted by atomic mass is 9.77. The second kappa shape index (κ2) is 3.95. The Morgan fingerprint density at radius 2 is 1.35 bits per heavy atom. The molecule has 0 bridgehead atoms. The van der Waals surface area contributed by atoms with E-state index in [1.807, 2.05) is 0 Å². The Morgan fingerprint density at radius 3 is 1.65 bits per heavy atom. The van der Waals surface area contributed by atoms with Crippen LogP contribution in [0.1, 0.15) is 0 Å². The molecule has 2 heterocycles. The third-order valence-corrected chi connectivity index (χ3v) is 1.59. The Bertz CT molecular complexity index is 525. The van der Waals surface area contributed by atoms with Gasteiger partial charge in [0.05, 0.1) is 0 Å². The van der Waals surface area contributed by atoms with Crippen LogP contribution in [0.15, 0.2) is 0 Å². The maximum atomic E-state index is 10.3. The van der Waals surface area contributed by atoms with Gasteiger partial charge < -0.3 is 20.2 Å². The Kier molecular flexibility index (Phi) is 2.48. The van der Waals surface area contributed by atoms with Gasteiger partial charge in [-0.05, 0) is 9.85 Å². The first-order chi connectivity index (χ1) is 8.06. The normalized spacial score (nSPS) is 10.1. The van der Waals surface area contributed by atoms with Gasteiger partial charge in [0.25, 0.3) is 0 Å². The van der Waals surface area contributed by atoms with Crippen molar-refractivity contribution in [1.82, 2.24) is 30.4 Å². The van der Waals surface area contributed by atoms with Crippen molar-refractivity contribution in [2.24, 2.45) is 0 Å². The zero-order chi connectivity index (χ0) is 12.4. The van der Waals surface area contributed by atoms with Crippen molar-refractivity contribution in [2.75, 3.05) is 0 Å². The Morgan fingerprint density at radius 1 is 0.941 bits per heavy atom. The van der Waals surface area contributed by atoms with E-state index in [0.717, 1.165) is 7.28 Å². The van der Waals surface area contributed by atoms with Gasteiger partial charge in [-0.2, -0.15) is 0 Å². The number of hydrogen-bond acceptors (Lipinski definition) is 8. The van der Waals surface area contributed by atoms with Gasteiger partial charge in [0.1, 0.15) is 0 Å². The van der Waals surface area contributed by atoms with Crippen LogP contribution in [-0.2, 0) is 0 Å². The average molecular weight is 237 g/mol. The second-order valence-electron chi connectivity index (χ2n) is 2.69. The van der Waals surface area contributed by atoms with Crippen molar-refractivity contribution in [2.45, 2.75) is 0 Å². The van der Waals surface area contributed by atoms with Crippen LogP contribution in [0, 0.1) is 20.2 Å². The topological polar surface area (TPSA) is 169 Å². The fraction of sp³-hybridized carbons (Fsp3) is 0. The molecule has 2 aromatic heterocycles. The number of nitro groups is 2. The van der Waals surface area contributed by atoms with Gasteiger partial charge in [0, 0.05) is 0 Å². The van der Waals surface area contributed by atoms with E-state index >= 15 is 0 Å². The lowest BCUT2D eigenvalue weighted by Crippen LogP contribution is -2.33. The van der Waals surface area contributed by atoms with Gasteiger partial charge >= 0.3 is 19.2 Å². The highest BCUT2D eigenvalue weighted by Gasteiger charge is 2.22. The molecule has 17 heavy (non-hydrogen) atoms. The van der Waals surface area contributed by atoms with Crippen molar-refractivity contribution in [1.29, 1.82) is 0 Å². The molecule has 85 valence electrons. The average Bonchev–Trinajstić information content (AvgIpc) is 2.87. The predicted octanol–water partition coefficient (Wildman–Crippen LogP) is -2.61. The predicted molar refractivity (Wildman–Crippen MR) is 51.1 cm³/mol. The molecular weight excluding hydrogens is 235 g/mol. The fourth-order valence-electron chi connectivity index (χ4n) is 0.939. The number of aromatic amines is 2. The van der Waals surface area contributed by atoms with Crippen LogP contribution in [0.3, 0.4) is 0 Å². The van der Waals surface area contributed by atoms with Crippen molar-refractivity contribution in [3.63, 3.8) is 0 Å². The summed E-state index contributed by atoms with van der Waals surface area (Å²) < 4.78 is 0. The van der Waals surface area contributed by atoms with Crippen LogP contribution in [0.4, 0.5) is 11.9 Å². The summed E-state index contributed by atoms with van der Waals surface area (Å²) in [5, 5.41) is 31.7. The first kappa shape index (κ1) is 10.7. The van der Waals surface area contributed by atoms with E-state index in [1.165, 1.54) is 0 Å². The van der Waals surface area contributed by atoms with E-state index < -0.39 is 21.7 Å². The quantitative estimate of drug-likeness (QED) is 0.331. The summed E-state index contributed by atoms with van der Waals surface area (Å²) in [5.41, 5.74) is -0.101. The summed E-state index contributed by atoms with van der Waals surface area (Å²) in [6, 6.07) is 0. The summed E-state index contributed by atoms with van der Waals surface area (Å²) in [6.45, 7) is 0. The van der Waals surface area contributed by atoms with E-state index in [0.29, 0.717) is 0 Å². The summed E-state index contributed by atoms with van der Waals surface area (Å²) in [5.74, 6) is -1.08. The van der Waals surface area contributed by atoms with Crippen molar-refractivity contribution < 1.29 is 9.85 Å². The molecule has 0 saturated heterocycles. The molecule has 12 nitrogen and oxygen atoms in total. The molecule has 2 aromatic rings. The molecule has 0 aliphatic carbocycles. The number of nitrogens with zero attached hydrogens (tertiary/aromatic N) is 6. The molecule has 0 spiro atoms. The highest BCUT2D eigenvalue weighted by molar-refractivity contribution is 6.64. The van der Waals surface area contributed by atoms with Gasteiger partial charge in [-0.3, -0.25) is 0 Å². The molecule has 2 N–H and O–H groups in total. The van der Waals surface area contributed by atoms with Gasteiger partial charge in [-0.15, -0.1) is 10.2 Å². The molecule has 0 atom stereocenters. The highest BCUT2D eigenvalue weighted by atomic mass is 16.6. The zero-order valence-corrected chi connectivity index (χ0v) is 7.89. The minimum Gasteiger partial charge on any atom is -0.390 e. The van der Waals surface area contributed by atoms with Crippen molar-refractivity contribution in [3.8, 4) is 0 Å². The van der Waals surface area contributed by atoms with Crippen molar-refractivity contribution >= 4 is 30.6 Å². The Labute approximate surface area is 92.0 Å². The molecule has 13 heteroatoms. The molecule has 0 unspecified atom stereocenters. The van der Waals surface area contributed by atoms with Crippen LogP contribution in [0.5, 0.6) is 0 Å². The molecule has 2 rings (SSSR count). The number of nitrogens with one attached hydrogen (secondary N) is 2. The SMILES string of the molecule is O=[N+]([O-])c1nc([B]c2n[nH]c([N+](=O)[O-])n2)n[nH]1. The first-order valence-electron chi connectivity index (χ1n) is 4.04. The molecule has 0 saturated carbocycles. The number of hydrogen-bond donors (Lipinski definition) is 2. The zero-order valence-electron chi connectivity index (χ0n) is 7.89. The third kappa shape index (κ3) is 2.22. The van der Waals surface area contributed by atoms with Crippen molar-refractivity contribution in [3.05, 3.63) is 20.2 Å². The Hall–Kier alpha value is -2.86. The lowest BCUT2D eigenvalue weighted by Gasteiger charge is -1.83. The fourth-order valence-corrected chi connectivity index (χ4v) is 0.939. The molecule has 0 aliphatic heterocycles. The number of H-pyrrole nitrogens is 2. The van der Waals surface area contributed by atoms with E-state index in [4.69, 9.17) is 0 Å². The van der Waals surface area contributed by atoms with E-state index in [-0.39, 0.29) is 11.4 Å². The van der Waals surface area contributed by atoms with Crippen LogP contribution < -0.4 is 11.4 Å².